The van der Waals surface area contributed by atoms with Crippen LogP contribution < -0.4 is 5.32 Å². The van der Waals surface area contributed by atoms with E-state index in [-0.39, 0.29) is 0 Å². The highest BCUT2D eigenvalue weighted by Gasteiger charge is 1.98. The van der Waals surface area contributed by atoms with Crippen LogP contribution in [0, 0.1) is 13.8 Å². The van der Waals surface area contributed by atoms with Crippen molar-refractivity contribution in [1.82, 2.24) is 10.3 Å². The van der Waals surface area contributed by atoms with Gasteiger partial charge in [0.2, 0.25) is 0 Å². The first-order valence-corrected chi connectivity index (χ1v) is 6.79. The summed E-state index contributed by atoms with van der Waals surface area (Å²) in [5, 5.41) is 6.77. The van der Waals surface area contributed by atoms with E-state index >= 15 is 0 Å². The predicted molar refractivity (Wildman–Crippen MR) is 73.4 cm³/mol. The van der Waals surface area contributed by atoms with Crippen LogP contribution in [0.15, 0.2) is 29.6 Å². The molecule has 1 aromatic heterocycles. The van der Waals surface area contributed by atoms with Gasteiger partial charge in [-0.15, -0.1) is 11.3 Å². The molecule has 17 heavy (non-hydrogen) atoms. The Morgan fingerprint density at radius 1 is 1.18 bits per heavy atom. The fourth-order valence-corrected chi connectivity index (χ4v) is 2.43. The highest BCUT2D eigenvalue weighted by atomic mass is 32.1. The molecule has 1 aromatic carbocycles. The summed E-state index contributed by atoms with van der Waals surface area (Å²) in [7, 11) is 0. The second-order valence-electron chi connectivity index (χ2n) is 4.30. The second kappa shape index (κ2) is 5.94. The van der Waals surface area contributed by atoms with E-state index in [1.807, 2.05) is 6.92 Å². The van der Waals surface area contributed by atoms with Crippen molar-refractivity contribution in [2.75, 3.05) is 6.54 Å². The Morgan fingerprint density at radius 3 is 2.59 bits per heavy atom. The molecule has 0 aliphatic carbocycles. The van der Waals surface area contributed by atoms with Gasteiger partial charge in [0, 0.05) is 30.6 Å². The van der Waals surface area contributed by atoms with E-state index in [0.717, 1.165) is 25.2 Å². The first-order chi connectivity index (χ1) is 8.24. The molecule has 0 spiro atoms. The van der Waals surface area contributed by atoms with E-state index in [1.165, 1.54) is 16.1 Å². The summed E-state index contributed by atoms with van der Waals surface area (Å²) in [5.41, 5.74) is 3.78. The maximum atomic E-state index is 4.45. The molecule has 0 bridgehead atoms. The minimum absolute atomic E-state index is 0.935. The standard InChI is InChI=1S/C14H18N2S/c1-11-3-5-13(6-4-11)9-15-8-7-14-16-12(2)10-17-14/h3-6,10,15H,7-9H2,1-2H3. The minimum Gasteiger partial charge on any atom is -0.312 e. The van der Waals surface area contributed by atoms with Crippen molar-refractivity contribution in [2.24, 2.45) is 0 Å². The van der Waals surface area contributed by atoms with Crippen LogP contribution in [0.4, 0.5) is 0 Å². The molecule has 0 amide bonds. The average Bonchev–Trinajstić information content (AvgIpc) is 2.73. The van der Waals surface area contributed by atoms with Crippen molar-refractivity contribution in [3.63, 3.8) is 0 Å². The number of nitrogens with one attached hydrogen (secondary N) is 1. The molecule has 1 heterocycles. The van der Waals surface area contributed by atoms with Crippen LogP contribution in [0.5, 0.6) is 0 Å². The second-order valence-corrected chi connectivity index (χ2v) is 5.24. The van der Waals surface area contributed by atoms with Crippen molar-refractivity contribution in [3.8, 4) is 0 Å². The number of rotatable bonds is 5. The van der Waals surface area contributed by atoms with E-state index in [4.69, 9.17) is 0 Å². The number of benzene rings is 1. The monoisotopic (exact) mass is 246 g/mol. The zero-order valence-corrected chi connectivity index (χ0v) is 11.2. The van der Waals surface area contributed by atoms with Crippen LogP contribution in [0.25, 0.3) is 0 Å². The van der Waals surface area contributed by atoms with E-state index in [1.54, 1.807) is 11.3 Å². The van der Waals surface area contributed by atoms with Gasteiger partial charge in [-0.1, -0.05) is 29.8 Å². The highest BCUT2D eigenvalue weighted by Crippen LogP contribution is 2.08. The van der Waals surface area contributed by atoms with Crippen LogP contribution in [0.2, 0.25) is 0 Å². The van der Waals surface area contributed by atoms with Gasteiger partial charge >= 0.3 is 0 Å². The van der Waals surface area contributed by atoms with Gasteiger partial charge in [-0.2, -0.15) is 0 Å². The van der Waals surface area contributed by atoms with Crippen LogP contribution in [-0.4, -0.2) is 11.5 Å². The fraction of sp³-hybridized carbons (Fsp3) is 0.357. The summed E-state index contributed by atoms with van der Waals surface area (Å²) in [6.45, 7) is 6.08. The van der Waals surface area contributed by atoms with Gasteiger partial charge in [0.15, 0.2) is 0 Å². The van der Waals surface area contributed by atoms with Gasteiger partial charge in [-0.05, 0) is 19.4 Å². The molecule has 2 nitrogen and oxygen atoms in total. The predicted octanol–water partition coefficient (Wildman–Crippen LogP) is 3.09. The molecular weight excluding hydrogens is 228 g/mol. The van der Waals surface area contributed by atoms with E-state index in [2.05, 4.69) is 46.9 Å². The number of hydrogen-bond acceptors (Lipinski definition) is 3. The zero-order valence-electron chi connectivity index (χ0n) is 10.4. The van der Waals surface area contributed by atoms with E-state index < -0.39 is 0 Å². The third kappa shape index (κ3) is 3.95. The third-order valence-corrected chi connectivity index (χ3v) is 3.66. The summed E-state index contributed by atoms with van der Waals surface area (Å²) in [4.78, 5) is 4.45. The average molecular weight is 246 g/mol. The maximum Gasteiger partial charge on any atom is 0.0940 e. The van der Waals surface area contributed by atoms with Crippen LogP contribution in [-0.2, 0) is 13.0 Å². The molecule has 0 saturated carbocycles. The summed E-state index contributed by atoms with van der Waals surface area (Å²) in [6, 6.07) is 8.66. The minimum atomic E-state index is 0.935. The number of aromatic nitrogens is 1. The Morgan fingerprint density at radius 2 is 1.94 bits per heavy atom. The normalized spacial score (nSPS) is 10.7. The van der Waals surface area contributed by atoms with Crippen LogP contribution >= 0.6 is 11.3 Å². The molecule has 0 atom stereocenters. The molecule has 90 valence electrons. The molecular formula is C14H18N2S. The Hall–Kier alpha value is -1.19. The summed E-state index contributed by atoms with van der Waals surface area (Å²) < 4.78 is 0. The molecule has 0 aliphatic heterocycles. The number of thiazole rings is 1. The molecule has 2 aromatic rings. The quantitative estimate of drug-likeness (QED) is 0.820. The first-order valence-electron chi connectivity index (χ1n) is 5.91. The zero-order chi connectivity index (χ0) is 12.1. The third-order valence-electron chi connectivity index (χ3n) is 2.63. The molecule has 0 saturated heterocycles. The van der Waals surface area contributed by atoms with Crippen molar-refractivity contribution in [2.45, 2.75) is 26.8 Å². The number of aryl methyl sites for hydroxylation is 2. The lowest BCUT2D eigenvalue weighted by Crippen LogP contribution is -2.16. The Labute approximate surface area is 107 Å². The molecule has 0 radical (unpaired) electrons. The molecule has 1 N–H and O–H groups in total. The van der Waals surface area contributed by atoms with Crippen LogP contribution in [0.3, 0.4) is 0 Å². The van der Waals surface area contributed by atoms with E-state index in [9.17, 15) is 0 Å². The Kier molecular flexibility index (Phi) is 4.29. The van der Waals surface area contributed by atoms with Crippen LogP contribution in [0.1, 0.15) is 21.8 Å². The van der Waals surface area contributed by atoms with Crippen molar-refractivity contribution < 1.29 is 0 Å². The Bertz CT molecular complexity index is 459. The summed E-state index contributed by atoms with van der Waals surface area (Å²) >= 11 is 1.75. The van der Waals surface area contributed by atoms with Gasteiger partial charge < -0.3 is 5.32 Å². The SMILES string of the molecule is Cc1ccc(CNCCc2nc(C)cs2)cc1. The lowest BCUT2D eigenvalue weighted by atomic mass is 10.1. The lowest BCUT2D eigenvalue weighted by molar-refractivity contribution is 0.684. The lowest BCUT2D eigenvalue weighted by Gasteiger charge is -2.04. The topological polar surface area (TPSA) is 24.9 Å². The summed E-state index contributed by atoms with van der Waals surface area (Å²) in [6.07, 6.45) is 1.02. The molecule has 0 aliphatic rings. The fourth-order valence-electron chi connectivity index (χ4n) is 1.65. The van der Waals surface area contributed by atoms with Gasteiger partial charge in [0.05, 0.1) is 5.01 Å². The van der Waals surface area contributed by atoms with Gasteiger partial charge in [0.25, 0.3) is 0 Å². The number of hydrogen-bond donors (Lipinski definition) is 1. The molecule has 2 rings (SSSR count). The molecule has 0 unspecified atom stereocenters. The Balaban J connectivity index is 1.71. The van der Waals surface area contributed by atoms with E-state index in [0.29, 0.717) is 0 Å². The largest absolute Gasteiger partial charge is 0.312 e. The molecule has 3 heteroatoms. The number of nitrogens with zero attached hydrogens (tertiary/aromatic N) is 1. The smallest absolute Gasteiger partial charge is 0.0940 e. The van der Waals surface area contributed by atoms with Crippen molar-refractivity contribution in [1.29, 1.82) is 0 Å². The summed E-state index contributed by atoms with van der Waals surface area (Å²) in [5.74, 6) is 0. The van der Waals surface area contributed by atoms with Gasteiger partial charge in [-0.25, -0.2) is 4.98 Å². The first kappa shape index (κ1) is 12.3. The highest BCUT2D eigenvalue weighted by molar-refractivity contribution is 7.09. The van der Waals surface area contributed by atoms with Gasteiger partial charge in [0.1, 0.15) is 0 Å². The molecule has 0 fully saturated rings. The van der Waals surface area contributed by atoms with Gasteiger partial charge in [-0.3, -0.25) is 0 Å². The van der Waals surface area contributed by atoms with Crippen molar-refractivity contribution in [3.05, 3.63) is 51.5 Å². The maximum absolute atomic E-state index is 4.45. The van der Waals surface area contributed by atoms with Crippen molar-refractivity contribution >= 4 is 11.3 Å².